The molecule has 0 saturated heterocycles. The first-order chi connectivity index (χ1) is 6.34. The van der Waals surface area contributed by atoms with Crippen LogP contribution in [0.25, 0.3) is 0 Å². The fourth-order valence-electron chi connectivity index (χ4n) is 3.85. The van der Waals surface area contributed by atoms with E-state index in [1.807, 2.05) is 0 Å². The molecule has 13 heavy (non-hydrogen) atoms. The Bertz CT molecular complexity index is 161. The van der Waals surface area contributed by atoms with Gasteiger partial charge in [-0.25, -0.2) is 0 Å². The minimum atomic E-state index is 1.07. The lowest BCUT2D eigenvalue weighted by atomic mass is 9.51. The van der Waals surface area contributed by atoms with Crippen LogP contribution in [0.2, 0.25) is 0 Å². The Morgan fingerprint density at radius 3 is 2.46 bits per heavy atom. The Labute approximate surface area is 83.1 Å². The first-order valence-corrected chi connectivity index (χ1v) is 6.34. The standard InChI is InChI=1S/C13H24/c1-3-4-7-11-10(2)12-8-5-6-9-13(11)12/h10-13H,3-9H2,1-2H3. The molecule has 2 aliphatic carbocycles. The Morgan fingerprint density at radius 1 is 1.08 bits per heavy atom. The molecule has 0 amide bonds. The van der Waals surface area contributed by atoms with Gasteiger partial charge in [-0.15, -0.1) is 0 Å². The van der Waals surface area contributed by atoms with Crippen molar-refractivity contribution in [2.24, 2.45) is 23.7 Å². The van der Waals surface area contributed by atoms with E-state index in [0.717, 1.165) is 23.7 Å². The highest BCUT2D eigenvalue weighted by Crippen LogP contribution is 2.55. The summed E-state index contributed by atoms with van der Waals surface area (Å²) < 4.78 is 0. The van der Waals surface area contributed by atoms with Crippen LogP contribution in [0.1, 0.15) is 58.8 Å². The number of hydrogen-bond acceptors (Lipinski definition) is 0. The molecule has 0 heterocycles. The van der Waals surface area contributed by atoms with Crippen LogP contribution in [0, 0.1) is 23.7 Å². The van der Waals surface area contributed by atoms with Gasteiger partial charge in [0.1, 0.15) is 0 Å². The number of hydrogen-bond donors (Lipinski definition) is 0. The lowest BCUT2D eigenvalue weighted by Gasteiger charge is -2.54. The molecule has 2 fully saturated rings. The molecule has 0 aliphatic heterocycles. The second kappa shape index (κ2) is 4.02. The molecule has 76 valence electrons. The zero-order valence-electron chi connectivity index (χ0n) is 9.26. The molecule has 4 unspecified atom stereocenters. The van der Waals surface area contributed by atoms with Crippen molar-refractivity contribution in [1.29, 1.82) is 0 Å². The van der Waals surface area contributed by atoms with Gasteiger partial charge in [0.15, 0.2) is 0 Å². The molecular weight excluding hydrogens is 156 g/mol. The van der Waals surface area contributed by atoms with Crippen molar-refractivity contribution >= 4 is 0 Å². The van der Waals surface area contributed by atoms with Crippen molar-refractivity contribution in [1.82, 2.24) is 0 Å². The van der Waals surface area contributed by atoms with Gasteiger partial charge in [0.05, 0.1) is 0 Å². The molecule has 4 atom stereocenters. The average molecular weight is 180 g/mol. The number of unbranched alkanes of at least 4 members (excludes halogenated alkanes) is 1. The summed E-state index contributed by atoms with van der Waals surface area (Å²) in [5.41, 5.74) is 0. The van der Waals surface area contributed by atoms with E-state index in [1.54, 1.807) is 12.8 Å². The van der Waals surface area contributed by atoms with Crippen molar-refractivity contribution in [3.8, 4) is 0 Å². The summed E-state index contributed by atoms with van der Waals surface area (Å²) in [7, 11) is 0. The predicted molar refractivity (Wildman–Crippen MR) is 57.6 cm³/mol. The third kappa shape index (κ3) is 1.65. The maximum absolute atomic E-state index is 2.51. The highest BCUT2D eigenvalue weighted by Gasteiger charge is 2.47. The maximum atomic E-state index is 2.51. The summed E-state index contributed by atoms with van der Waals surface area (Å²) in [6, 6.07) is 0. The lowest BCUT2D eigenvalue weighted by Crippen LogP contribution is -2.46. The molecule has 0 aromatic heterocycles. The first-order valence-electron chi connectivity index (χ1n) is 6.34. The van der Waals surface area contributed by atoms with Crippen LogP contribution < -0.4 is 0 Å². The quantitative estimate of drug-likeness (QED) is 0.609. The smallest absolute Gasteiger partial charge is 0.0352 e. The van der Waals surface area contributed by atoms with Gasteiger partial charge < -0.3 is 0 Å². The second-order valence-electron chi connectivity index (χ2n) is 5.28. The van der Waals surface area contributed by atoms with Crippen molar-refractivity contribution in [3.05, 3.63) is 0 Å². The molecule has 0 nitrogen and oxygen atoms in total. The SMILES string of the molecule is CCCCC1C(C)C2CCCCC12. The van der Waals surface area contributed by atoms with E-state index < -0.39 is 0 Å². The van der Waals surface area contributed by atoms with Crippen molar-refractivity contribution in [2.45, 2.75) is 58.8 Å². The molecule has 0 radical (unpaired) electrons. The largest absolute Gasteiger partial charge is 0.0654 e. The normalized spacial score (nSPS) is 43.8. The highest BCUT2D eigenvalue weighted by molar-refractivity contribution is 4.96. The van der Waals surface area contributed by atoms with Crippen LogP contribution in [-0.4, -0.2) is 0 Å². The summed E-state index contributed by atoms with van der Waals surface area (Å²) in [5.74, 6) is 4.47. The molecule has 2 saturated carbocycles. The van der Waals surface area contributed by atoms with Crippen LogP contribution in [0.5, 0.6) is 0 Å². The molecule has 2 rings (SSSR count). The van der Waals surface area contributed by atoms with Crippen molar-refractivity contribution in [3.63, 3.8) is 0 Å². The minimum Gasteiger partial charge on any atom is -0.0654 e. The summed E-state index contributed by atoms with van der Waals surface area (Å²) in [4.78, 5) is 0. The molecule has 0 aromatic rings. The van der Waals surface area contributed by atoms with E-state index in [9.17, 15) is 0 Å². The van der Waals surface area contributed by atoms with Gasteiger partial charge in [-0.2, -0.15) is 0 Å². The zero-order valence-corrected chi connectivity index (χ0v) is 9.26. The van der Waals surface area contributed by atoms with Crippen molar-refractivity contribution in [2.75, 3.05) is 0 Å². The van der Waals surface area contributed by atoms with Crippen molar-refractivity contribution < 1.29 is 0 Å². The van der Waals surface area contributed by atoms with E-state index in [4.69, 9.17) is 0 Å². The van der Waals surface area contributed by atoms with Gasteiger partial charge in [0.25, 0.3) is 0 Å². The second-order valence-corrected chi connectivity index (χ2v) is 5.28. The van der Waals surface area contributed by atoms with Gasteiger partial charge in [-0.05, 0) is 42.9 Å². The Balaban J connectivity index is 1.84. The third-order valence-electron chi connectivity index (χ3n) is 4.67. The predicted octanol–water partition coefficient (Wildman–Crippen LogP) is 4.25. The lowest BCUT2D eigenvalue weighted by molar-refractivity contribution is -0.0475. The Kier molecular flexibility index (Phi) is 2.96. The fourth-order valence-corrected chi connectivity index (χ4v) is 3.85. The highest BCUT2D eigenvalue weighted by atomic mass is 14.5. The number of rotatable bonds is 3. The van der Waals surface area contributed by atoms with Gasteiger partial charge in [0.2, 0.25) is 0 Å². The van der Waals surface area contributed by atoms with E-state index >= 15 is 0 Å². The molecule has 2 aliphatic rings. The molecule has 0 aromatic carbocycles. The van der Waals surface area contributed by atoms with Crippen LogP contribution in [0.15, 0.2) is 0 Å². The summed E-state index contributed by atoms with van der Waals surface area (Å²) in [6.07, 6.45) is 10.5. The maximum Gasteiger partial charge on any atom is -0.0352 e. The van der Waals surface area contributed by atoms with Crippen LogP contribution in [0.3, 0.4) is 0 Å². The van der Waals surface area contributed by atoms with E-state index in [1.165, 1.54) is 32.1 Å². The molecule has 0 heteroatoms. The summed E-state index contributed by atoms with van der Waals surface area (Å²) in [6.45, 7) is 4.83. The van der Waals surface area contributed by atoms with Gasteiger partial charge >= 0.3 is 0 Å². The number of fused-ring (bicyclic) bond motifs is 1. The zero-order chi connectivity index (χ0) is 9.26. The first kappa shape index (κ1) is 9.55. The van der Waals surface area contributed by atoms with Gasteiger partial charge in [-0.3, -0.25) is 0 Å². The van der Waals surface area contributed by atoms with E-state index in [2.05, 4.69) is 13.8 Å². The molecule has 0 N–H and O–H groups in total. The summed E-state index contributed by atoms with van der Waals surface area (Å²) in [5, 5.41) is 0. The molecule has 0 bridgehead atoms. The minimum absolute atomic E-state index is 1.07. The van der Waals surface area contributed by atoms with E-state index in [-0.39, 0.29) is 0 Å². The topological polar surface area (TPSA) is 0 Å². The van der Waals surface area contributed by atoms with E-state index in [0.29, 0.717) is 0 Å². The monoisotopic (exact) mass is 180 g/mol. The van der Waals surface area contributed by atoms with Gasteiger partial charge in [-0.1, -0.05) is 39.5 Å². The molecule has 0 spiro atoms. The Morgan fingerprint density at radius 2 is 1.77 bits per heavy atom. The van der Waals surface area contributed by atoms with Crippen LogP contribution in [0.4, 0.5) is 0 Å². The van der Waals surface area contributed by atoms with Gasteiger partial charge in [0, 0.05) is 0 Å². The summed E-state index contributed by atoms with van der Waals surface area (Å²) >= 11 is 0. The Hall–Kier alpha value is 0. The third-order valence-corrected chi connectivity index (χ3v) is 4.67. The van der Waals surface area contributed by atoms with Crippen LogP contribution >= 0.6 is 0 Å². The fraction of sp³-hybridized carbons (Fsp3) is 1.00. The van der Waals surface area contributed by atoms with Crippen LogP contribution in [-0.2, 0) is 0 Å². The average Bonchev–Trinajstić information content (AvgIpc) is 2.18. The molecular formula is C13H24.